The van der Waals surface area contributed by atoms with Crippen LogP contribution >= 0.6 is 0 Å². The molecule has 4 heteroatoms. The Morgan fingerprint density at radius 2 is 1.84 bits per heavy atom. The Labute approximate surface area is 113 Å². The van der Waals surface area contributed by atoms with Gasteiger partial charge in [-0.05, 0) is 31.2 Å². The van der Waals surface area contributed by atoms with E-state index in [1.807, 2.05) is 49.4 Å². The van der Waals surface area contributed by atoms with Crippen LogP contribution in [0.4, 0.5) is 0 Å². The van der Waals surface area contributed by atoms with Crippen LogP contribution in [0.5, 0.6) is 11.5 Å². The zero-order chi connectivity index (χ0) is 13.5. The maximum Gasteiger partial charge on any atom is 0.162 e. The molecule has 0 fully saturated rings. The summed E-state index contributed by atoms with van der Waals surface area (Å²) in [5.41, 5.74) is 6.59. The van der Waals surface area contributed by atoms with Crippen LogP contribution in [0, 0.1) is 0 Å². The zero-order valence-electron chi connectivity index (χ0n) is 11.0. The first-order chi connectivity index (χ1) is 9.35. The maximum absolute atomic E-state index is 5.92. The summed E-state index contributed by atoms with van der Waals surface area (Å²) >= 11 is 0. The van der Waals surface area contributed by atoms with Gasteiger partial charge in [0, 0.05) is 12.7 Å². The van der Waals surface area contributed by atoms with E-state index in [2.05, 4.69) is 4.98 Å². The number of nitrogens with two attached hydrogens (primary N) is 1. The summed E-state index contributed by atoms with van der Waals surface area (Å²) in [5, 5.41) is 0. The second-order valence-electron chi connectivity index (χ2n) is 3.98. The van der Waals surface area contributed by atoms with Crippen molar-refractivity contribution in [2.45, 2.75) is 13.0 Å². The lowest BCUT2D eigenvalue weighted by Crippen LogP contribution is -2.19. The monoisotopic (exact) mass is 258 g/mol. The molecule has 1 aromatic heterocycles. The van der Waals surface area contributed by atoms with Crippen LogP contribution in [0.25, 0.3) is 0 Å². The van der Waals surface area contributed by atoms with Crippen LogP contribution in [0.3, 0.4) is 0 Å². The Balaban J connectivity index is 2.19. The van der Waals surface area contributed by atoms with Gasteiger partial charge in [0.1, 0.15) is 0 Å². The Morgan fingerprint density at radius 3 is 2.47 bits per heavy atom. The standard InChI is InChI=1S/C15H18N2O2/c1-2-18-13-8-3-4-9-14(13)19-15(11-16)12-7-5-6-10-17-12/h3-10,15H,2,11,16H2,1H3. The molecule has 0 aliphatic carbocycles. The molecule has 0 amide bonds. The highest BCUT2D eigenvalue weighted by Gasteiger charge is 2.14. The first-order valence-electron chi connectivity index (χ1n) is 6.34. The van der Waals surface area contributed by atoms with E-state index in [4.69, 9.17) is 15.2 Å². The quantitative estimate of drug-likeness (QED) is 0.865. The van der Waals surface area contributed by atoms with Crippen LogP contribution in [-0.2, 0) is 0 Å². The van der Waals surface area contributed by atoms with Gasteiger partial charge in [-0.3, -0.25) is 4.98 Å². The third-order valence-electron chi connectivity index (χ3n) is 2.65. The van der Waals surface area contributed by atoms with Gasteiger partial charge in [0.2, 0.25) is 0 Å². The minimum absolute atomic E-state index is 0.275. The molecule has 1 atom stereocenters. The van der Waals surface area contributed by atoms with E-state index >= 15 is 0 Å². The molecule has 0 spiro atoms. The summed E-state index contributed by atoms with van der Waals surface area (Å²) < 4.78 is 11.5. The van der Waals surface area contributed by atoms with Gasteiger partial charge in [0.15, 0.2) is 17.6 Å². The molecular weight excluding hydrogens is 240 g/mol. The molecule has 0 radical (unpaired) electrons. The van der Waals surface area contributed by atoms with E-state index in [-0.39, 0.29) is 6.10 Å². The number of benzene rings is 1. The summed E-state index contributed by atoms with van der Waals surface area (Å²) in [6.07, 6.45) is 1.46. The number of hydrogen-bond acceptors (Lipinski definition) is 4. The average molecular weight is 258 g/mol. The van der Waals surface area contributed by atoms with Crippen molar-refractivity contribution in [3.63, 3.8) is 0 Å². The fourth-order valence-electron chi connectivity index (χ4n) is 1.77. The number of pyridine rings is 1. The SMILES string of the molecule is CCOc1ccccc1OC(CN)c1ccccn1. The van der Waals surface area contributed by atoms with Crippen molar-refractivity contribution in [1.82, 2.24) is 4.98 Å². The van der Waals surface area contributed by atoms with Crippen LogP contribution in [0.1, 0.15) is 18.7 Å². The molecule has 2 N–H and O–H groups in total. The predicted octanol–water partition coefficient (Wildman–Crippen LogP) is 2.56. The molecule has 1 aromatic carbocycles. The van der Waals surface area contributed by atoms with E-state index in [0.29, 0.717) is 18.9 Å². The molecule has 4 nitrogen and oxygen atoms in total. The van der Waals surface area contributed by atoms with Crippen molar-refractivity contribution in [2.75, 3.05) is 13.2 Å². The Bertz CT molecular complexity index is 503. The van der Waals surface area contributed by atoms with E-state index in [0.717, 1.165) is 11.4 Å². The lowest BCUT2D eigenvalue weighted by atomic mass is 10.2. The highest BCUT2D eigenvalue weighted by atomic mass is 16.5. The van der Waals surface area contributed by atoms with E-state index in [9.17, 15) is 0 Å². The van der Waals surface area contributed by atoms with Crippen LogP contribution < -0.4 is 15.2 Å². The Hall–Kier alpha value is -2.07. The van der Waals surface area contributed by atoms with Crippen molar-refractivity contribution in [2.24, 2.45) is 5.73 Å². The zero-order valence-corrected chi connectivity index (χ0v) is 11.0. The molecule has 1 heterocycles. The number of ether oxygens (including phenoxy) is 2. The van der Waals surface area contributed by atoms with Crippen molar-refractivity contribution in [1.29, 1.82) is 0 Å². The first kappa shape index (κ1) is 13.4. The lowest BCUT2D eigenvalue weighted by molar-refractivity contribution is 0.196. The van der Waals surface area contributed by atoms with Gasteiger partial charge < -0.3 is 15.2 Å². The second kappa shape index (κ2) is 6.75. The number of aromatic nitrogens is 1. The maximum atomic E-state index is 5.92. The fourth-order valence-corrected chi connectivity index (χ4v) is 1.77. The van der Waals surface area contributed by atoms with Crippen LogP contribution in [0.2, 0.25) is 0 Å². The summed E-state index contributed by atoms with van der Waals surface area (Å²) in [6, 6.07) is 13.3. The predicted molar refractivity (Wildman–Crippen MR) is 74.3 cm³/mol. The summed E-state index contributed by atoms with van der Waals surface area (Å²) in [6.45, 7) is 2.89. The minimum atomic E-state index is -0.275. The molecule has 0 aliphatic heterocycles. The third-order valence-corrected chi connectivity index (χ3v) is 2.65. The Morgan fingerprint density at radius 1 is 1.11 bits per heavy atom. The molecule has 0 saturated carbocycles. The topological polar surface area (TPSA) is 57.4 Å². The average Bonchev–Trinajstić information content (AvgIpc) is 2.47. The molecule has 2 aromatic rings. The van der Waals surface area contributed by atoms with Gasteiger partial charge in [-0.2, -0.15) is 0 Å². The molecule has 100 valence electrons. The second-order valence-corrected chi connectivity index (χ2v) is 3.98. The third kappa shape index (κ3) is 3.45. The Kier molecular flexibility index (Phi) is 4.75. The molecule has 0 bridgehead atoms. The number of para-hydroxylation sites is 2. The number of nitrogens with zero attached hydrogens (tertiary/aromatic N) is 1. The molecule has 0 aliphatic rings. The van der Waals surface area contributed by atoms with Gasteiger partial charge in [-0.25, -0.2) is 0 Å². The van der Waals surface area contributed by atoms with Crippen molar-refractivity contribution in [3.8, 4) is 11.5 Å². The summed E-state index contributed by atoms with van der Waals surface area (Å²) in [7, 11) is 0. The molecule has 19 heavy (non-hydrogen) atoms. The highest BCUT2D eigenvalue weighted by Crippen LogP contribution is 2.30. The molecule has 2 rings (SSSR count). The lowest BCUT2D eigenvalue weighted by Gasteiger charge is -2.19. The van der Waals surface area contributed by atoms with Crippen molar-refractivity contribution >= 4 is 0 Å². The van der Waals surface area contributed by atoms with Crippen LogP contribution in [0.15, 0.2) is 48.7 Å². The highest BCUT2D eigenvalue weighted by molar-refractivity contribution is 5.39. The van der Waals surface area contributed by atoms with Crippen molar-refractivity contribution in [3.05, 3.63) is 54.4 Å². The molecular formula is C15H18N2O2. The van der Waals surface area contributed by atoms with Crippen molar-refractivity contribution < 1.29 is 9.47 Å². The van der Waals surface area contributed by atoms with E-state index in [1.54, 1.807) is 6.20 Å². The van der Waals surface area contributed by atoms with Gasteiger partial charge in [0.05, 0.1) is 12.3 Å². The summed E-state index contributed by atoms with van der Waals surface area (Å²) in [4.78, 5) is 4.28. The smallest absolute Gasteiger partial charge is 0.162 e. The van der Waals surface area contributed by atoms with Gasteiger partial charge >= 0.3 is 0 Å². The minimum Gasteiger partial charge on any atom is -0.490 e. The normalized spacial score (nSPS) is 11.9. The van der Waals surface area contributed by atoms with E-state index < -0.39 is 0 Å². The number of rotatable bonds is 6. The molecule has 1 unspecified atom stereocenters. The van der Waals surface area contributed by atoms with Crippen LogP contribution in [-0.4, -0.2) is 18.1 Å². The van der Waals surface area contributed by atoms with Gasteiger partial charge in [-0.15, -0.1) is 0 Å². The largest absolute Gasteiger partial charge is 0.490 e. The summed E-state index contributed by atoms with van der Waals surface area (Å²) in [5.74, 6) is 1.41. The molecule has 0 saturated heterocycles. The number of hydrogen-bond donors (Lipinski definition) is 1. The fraction of sp³-hybridized carbons (Fsp3) is 0.267. The first-order valence-corrected chi connectivity index (χ1v) is 6.34. The van der Waals surface area contributed by atoms with E-state index in [1.165, 1.54) is 0 Å². The van der Waals surface area contributed by atoms with Gasteiger partial charge in [-0.1, -0.05) is 18.2 Å². The van der Waals surface area contributed by atoms with Gasteiger partial charge in [0.25, 0.3) is 0 Å².